The van der Waals surface area contributed by atoms with E-state index in [0.29, 0.717) is 17.9 Å². The quantitative estimate of drug-likeness (QED) is 0.825. The van der Waals surface area contributed by atoms with Crippen LogP contribution in [0.25, 0.3) is 0 Å². The van der Waals surface area contributed by atoms with Crippen LogP contribution in [0.4, 0.5) is 5.69 Å². The van der Waals surface area contributed by atoms with E-state index in [4.69, 9.17) is 4.74 Å². The molecule has 1 atom stereocenters. The molecular formula is C15H20N2O3. The Bertz CT molecular complexity index is 490. The molecule has 20 heavy (non-hydrogen) atoms. The Balaban J connectivity index is 2.00. The van der Waals surface area contributed by atoms with E-state index in [1.165, 1.54) is 0 Å². The maximum Gasteiger partial charge on any atom is 0.338 e. The van der Waals surface area contributed by atoms with Crippen LogP contribution in [-0.2, 0) is 9.53 Å². The summed E-state index contributed by atoms with van der Waals surface area (Å²) in [5, 5.41) is 6.08. The highest BCUT2D eigenvalue weighted by atomic mass is 16.5. The first-order chi connectivity index (χ1) is 9.55. The second kappa shape index (κ2) is 6.05. The molecule has 0 aliphatic carbocycles. The summed E-state index contributed by atoms with van der Waals surface area (Å²) in [6.45, 7) is 4.89. The van der Waals surface area contributed by atoms with Crippen LogP contribution in [0.2, 0.25) is 0 Å². The Morgan fingerprint density at radius 3 is 2.60 bits per heavy atom. The van der Waals surface area contributed by atoms with Crippen molar-refractivity contribution in [2.45, 2.75) is 32.2 Å². The minimum absolute atomic E-state index is 0.0427. The lowest BCUT2D eigenvalue weighted by atomic mass is 9.99. The fourth-order valence-electron chi connectivity index (χ4n) is 2.26. The second-order valence-electron chi connectivity index (χ2n) is 5.11. The number of rotatable bonds is 4. The number of ether oxygens (including phenoxy) is 1. The van der Waals surface area contributed by atoms with Crippen molar-refractivity contribution in [1.29, 1.82) is 0 Å². The number of hydrogen-bond donors (Lipinski definition) is 2. The van der Waals surface area contributed by atoms with Crippen LogP contribution in [-0.4, -0.2) is 30.6 Å². The van der Waals surface area contributed by atoms with Crippen LogP contribution in [0.1, 0.15) is 37.0 Å². The third kappa shape index (κ3) is 3.17. The van der Waals surface area contributed by atoms with Crippen LogP contribution >= 0.6 is 0 Å². The van der Waals surface area contributed by atoms with Crippen molar-refractivity contribution in [2.24, 2.45) is 0 Å². The molecule has 2 rings (SSSR count). The number of amides is 1. The van der Waals surface area contributed by atoms with Crippen molar-refractivity contribution < 1.29 is 14.3 Å². The molecule has 1 aromatic carbocycles. The number of benzene rings is 1. The third-order valence-electron chi connectivity index (χ3n) is 3.52. The summed E-state index contributed by atoms with van der Waals surface area (Å²) < 4.78 is 4.91. The molecule has 108 valence electrons. The molecule has 2 N–H and O–H groups in total. The highest BCUT2D eigenvalue weighted by Crippen LogP contribution is 2.21. The molecule has 0 spiro atoms. The fourth-order valence-corrected chi connectivity index (χ4v) is 2.26. The monoisotopic (exact) mass is 276 g/mol. The number of carbonyl (C=O) groups excluding carboxylic acids is 2. The lowest BCUT2D eigenvalue weighted by molar-refractivity contribution is -0.121. The summed E-state index contributed by atoms with van der Waals surface area (Å²) >= 11 is 0. The summed E-state index contributed by atoms with van der Waals surface area (Å²) in [5.74, 6) is -0.395. The molecule has 1 amide bonds. The molecule has 1 fully saturated rings. The lowest BCUT2D eigenvalue weighted by Gasteiger charge is -2.23. The summed E-state index contributed by atoms with van der Waals surface area (Å²) in [5.41, 5.74) is 0.660. The van der Waals surface area contributed by atoms with E-state index in [2.05, 4.69) is 10.6 Å². The van der Waals surface area contributed by atoms with Gasteiger partial charge in [0.15, 0.2) is 0 Å². The van der Waals surface area contributed by atoms with Gasteiger partial charge in [-0.2, -0.15) is 0 Å². The van der Waals surface area contributed by atoms with Gasteiger partial charge in [0.1, 0.15) is 0 Å². The zero-order valence-corrected chi connectivity index (χ0v) is 11.9. The van der Waals surface area contributed by atoms with Crippen molar-refractivity contribution in [3.63, 3.8) is 0 Å². The van der Waals surface area contributed by atoms with Gasteiger partial charge in [0.2, 0.25) is 5.91 Å². The molecule has 0 aromatic heterocycles. The molecule has 5 heteroatoms. The number of nitrogens with one attached hydrogen (secondary N) is 2. The normalized spacial score (nSPS) is 21.5. The van der Waals surface area contributed by atoms with E-state index in [1.807, 2.05) is 6.92 Å². The van der Waals surface area contributed by atoms with Gasteiger partial charge in [-0.15, -0.1) is 0 Å². The lowest BCUT2D eigenvalue weighted by Crippen LogP contribution is -2.47. The maximum atomic E-state index is 12.2. The number of hydrogen-bond acceptors (Lipinski definition) is 4. The topological polar surface area (TPSA) is 67.4 Å². The molecule has 1 heterocycles. The first-order valence-corrected chi connectivity index (χ1v) is 6.89. The summed E-state index contributed by atoms with van der Waals surface area (Å²) in [4.78, 5) is 23.7. The van der Waals surface area contributed by atoms with Crippen molar-refractivity contribution in [3.8, 4) is 0 Å². The highest BCUT2D eigenvalue weighted by Gasteiger charge is 2.35. The van der Waals surface area contributed by atoms with E-state index < -0.39 is 5.54 Å². The van der Waals surface area contributed by atoms with E-state index in [-0.39, 0.29) is 11.9 Å². The number of esters is 1. The van der Waals surface area contributed by atoms with Crippen LogP contribution in [0.15, 0.2) is 24.3 Å². The SMILES string of the molecule is CCOC(=O)c1ccc(NC(=O)C2(C)CCCN2)cc1. The van der Waals surface area contributed by atoms with E-state index in [0.717, 1.165) is 19.4 Å². The zero-order valence-electron chi connectivity index (χ0n) is 11.9. The van der Waals surface area contributed by atoms with Gasteiger partial charge in [-0.3, -0.25) is 4.79 Å². The van der Waals surface area contributed by atoms with Gasteiger partial charge in [-0.1, -0.05) is 0 Å². The standard InChI is InChI=1S/C15H20N2O3/c1-3-20-13(18)11-5-7-12(8-6-11)17-14(19)15(2)9-4-10-16-15/h5-8,16H,3-4,9-10H2,1-2H3,(H,17,19). The van der Waals surface area contributed by atoms with Gasteiger partial charge in [-0.05, 0) is 57.5 Å². The van der Waals surface area contributed by atoms with Crippen molar-refractivity contribution in [2.75, 3.05) is 18.5 Å². The van der Waals surface area contributed by atoms with Crippen LogP contribution in [0, 0.1) is 0 Å². The number of carbonyl (C=O) groups is 2. The molecule has 0 bridgehead atoms. The molecule has 1 aliphatic heterocycles. The highest BCUT2D eigenvalue weighted by molar-refractivity contribution is 5.98. The third-order valence-corrected chi connectivity index (χ3v) is 3.52. The molecule has 0 radical (unpaired) electrons. The minimum Gasteiger partial charge on any atom is -0.462 e. The Morgan fingerprint density at radius 2 is 2.05 bits per heavy atom. The van der Waals surface area contributed by atoms with Crippen LogP contribution < -0.4 is 10.6 Å². The van der Waals surface area contributed by atoms with Gasteiger partial charge >= 0.3 is 5.97 Å². The van der Waals surface area contributed by atoms with Gasteiger partial charge in [0.05, 0.1) is 17.7 Å². The maximum absolute atomic E-state index is 12.2. The number of anilines is 1. The summed E-state index contributed by atoms with van der Waals surface area (Å²) in [6.07, 6.45) is 1.84. The van der Waals surface area contributed by atoms with Gasteiger partial charge < -0.3 is 15.4 Å². The zero-order chi connectivity index (χ0) is 14.6. The van der Waals surface area contributed by atoms with Gasteiger partial charge in [0, 0.05) is 5.69 Å². The summed E-state index contributed by atoms with van der Waals surface area (Å²) in [6, 6.07) is 6.72. The van der Waals surface area contributed by atoms with Crippen LogP contribution in [0.3, 0.4) is 0 Å². The average molecular weight is 276 g/mol. The molecule has 1 unspecified atom stereocenters. The predicted molar refractivity (Wildman–Crippen MR) is 76.7 cm³/mol. The second-order valence-corrected chi connectivity index (χ2v) is 5.11. The molecule has 1 aliphatic rings. The Kier molecular flexibility index (Phi) is 4.39. The minimum atomic E-state index is -0.500. The largest absolute Gasteiger partial charge is 0.462 e. The molecule has 5 nitrogen and oxygen atoms in total. The molecular weight excluding hydrogens is 256 g/mol. The predicted octanol–water partition coefficient (Wildman–Crippen LogP) is 1.94. The molecule has 0 saturated carbocycles. The van der Waals surface area contributed by atoms with E-state index in [1.54, 1.807) is 31.2 Å². The van der Waals surface area contributed by atoms with Crippen molar-refractivity contribution in [3.05, 3.63) is 29.8 Å². The van der Waals surface area contributed by atoms with Crippen LogP contribution in [0.5, 0.6) is 0 Å². The first kappa shape index (κ1) is 14.5. The Hall–Kier alpha value is -1.88. The van der Waals surface area contributed by atoms with Gasteiger partial charge in [-0.25, -0.2) is 4.79 Å². The average Bonchev–Trinajstić information content (AvgIpc) is 2.88. The van der Waals surface area contributed by atoms with Gasteiger partial charge in [0.25, 0.3) is 0 Å². The van der Waals surface area contributed by atoms with E-state index in [9.17, 15) is 9.59 Å². The first-order valence-electron chi connectivity index (χ1n) is 6.89. The summed E-state index contributed by atoms with van der Waals surface area (Å²) in [7, 11) is 0. The van der Waals surface area contributed by atoms with Crippen molar-refractivity contribution >= 4 is 17.6 Å². The molecule has 1 aromatic rings. The Morgan fingerprint density at radius 1 is 1.35 bits per heavy atom. The molecule has 1 saturated heterocycles. The van der Waals surface area contributed by atoms with Crippen molar-refractivity contribution in [1.82, 2.24) is 5.32 Å². The Labute approximate surface area is 118 Å². The van der Waals surface area contributed by atoms with E-state index >= 15 is 0 Å². The fraction of sp³-hybridized carbons (Fsp3) is 0.467. The smallest absolute Gasteiger partial charge is 0.338 e.